The van der Waals surface area contributed by atoms with Crippen LogP contribution in [-0.2, 0) is 6.54 Å². The molecule has 0 saturated carbocycles. The zero-order chi connectivity index (χ0) is 16.4. The van der Waals surface area contributed by atoms with E-state index in [1.165, 1.54) is 10.9 Å². The topological polar surface area (TPSA) is 59.0 Å². The third-order valence-electron chi connectivity index (χ3n) is 4.67. The van der Waals surface area contributed by atoms with Gasteiger partial charge in [-0.15, -0.1) is 0 Å². The van der Waals surface area contributed by atoms with E-state index in [0.29, 0.717) is 0 Å². The number of hydrogen-bond donors (Lipinski definition) is 1. The largest absolute Gasteiger partial charge is 0.368 e. The Balaban J connectivity index is 1.44. The van der Waals surface area contributed by atoms with E-state index in [4.69, 9.17) is 0 Å². The summed E-state index contributed by atoms with van der Waals surface area (Å²) < 4.78 is 0. The Bertz CT molecular complexity index is 884. The van der Waals surface area contributed by atoms with Crippen LogP contribution in [0.25, 0.3) is 11.0 Å². The SMILES string of the molecule is N#Cc1ccccc1N1CCN(Cc2c[nH]c3ncccc23)CC1. The number of anilines is 1. The molecule has 24 heavy (non-hydrogen) atoms. The summed E-state index contributed by atoms with van der Waals surface area (Å²) in [4.78, 5) is 12.4. The molecule has 120 valence electrons. The third-order valence-corrected chi connectivity index (χ3v) is 4.67. The van der Waals surface area contributed by atoms with E-state index in [1.807, 2.05) is 36.5 Å². The van der Waals surface area contributed by atoms with Crippen LogP contribution in [0.1, 0.15) is 11.1 Å². The first kappa shape index (κ1) is 14.7. The van der Waals surface area contributed by atoms with E-state index < -0.39 is 0 Å². The van der Waals surface area contributed by atoms with Crippen LogP contribution in [-0.4, -0.2) is 41.0 Å². The van der Waals surface area contributed by atoms with Gasteiger partial charge in [0.25, 0.3) is 0 Å². The van der Waals surface area contributed by atoms with Crippen molar-refractivity contribution in [3.63, 3.8) is 0 Å². The van der Waals surface area contributed by atoms with Gasteiger partial charge in [0, 0.05) is 50.5 Å². The number of piperazine rings is 1. The Hall–Kier alpha value is -2.84. The summed E-state index contributed by atoms with van der Waals surface area (Å²) in [7, 11) is 0. The van der Waals surface area contributed by atoms with E-state index in [9.17, 15) is 5.26 Å². The van der Waals surface area contributed by atoms with Crippen LogP contribution in [0.15, 0.2) is 48.8 Å². The third kappa shape index (κ3) is 2.72. The van der Waals surface area contributed by atoms with Crippen LogP contribution in [0.5, 0.6) is 0 Å². The summed E-state index contributed by atoms with van der Waals surface area (Å²) in [6, 6.07) is 14.2. The molecule has 0 aliphatic carbocycles. The maximum atomic E-state index is 9.28. The molecule has 1 aliphatic rings. The highest BCUT2D eigenvalue weighted by atomic mass is 15.3. The quantitative estimate of drug-likeness (QED) is 0.807. The number of fused-ring (bicyclic) bond motifs is 1. The number of pyridine rings is 1. The van der Waals surface area contributed by atoms with Crippen molar-refractivity contribution in [1.29, 1.82) is 5.26 Å². The van der Waals surface area contributed by atoms with Crippen molar-refractivity contribution in [2.75, 3.05) is 31.1 Å². The van der Waals surface area contributed by atoms with E-state index in [-0.39, 0.29) is 0 Å². The second-order valence-electron chi connectivity index (χ2n) is 6.11. The number of para-hydroxylation sites is 1. The van der Waals surface area contributed by atoms with E-state index >= 15 is 0 Å². The average molecular weight is 317 g/mol. The molecule has 0 bridgehead atoms. The molecule has 1 fully saturated rings. The lowest BCUT2D eigenvalue weighted by Crippen LogP contribution is -2.46. The van der Waals surface area contributed by atoms with Crippen molar-refractivity contribution in [2.45, 2.75) is 6.54 Å². The lowest BCUT2D eigenvalue weighted by molar-refractivity contribution is 0.250. The average Bonchev–Trinajstić information content (AvgIpc) is 3.05. The fourth-order valence-electron chi connectivity index (χ4n) is 3.38. The van der Waals surface area contributed by atoms with E-state index in [1.54, 1.807) is 0 Å². The smallest absolute Gasteiger partial charge is 0.137 e. The molecular weight excluding hydrogens is 298 g/mol. The number of benzene rings is 1. The molecule has 5 heteroatoms. The van der Waals surface area contributed by atoms with Gasteiger partial charge in [0.15, 0.2) is 0 Å². The Kier molecular flexibility index (Phi) is 3.89. The number of nitriles is 1. The molecule has 1 saturated heterocycles. The second-order valence-corrected chi connectivity index (χ2v) is 6.11. The monoisotopic (exact) mass is 317 g/mol. The second kappa shape index (κ2) is 6.34. The van der Waals surface area contributed by atoms with E-state index in [2.05, 4.69) is 38.1 Å². The molecule has 1 aromatic carbocycles. The molecule has 0 spiro atoms. The van der Waals surface area contributed by atoms with Gasteiger partial charge in [-0.1, -0.05) is 12.1 Å². The molecular formula is C19H19N5. The minimum atomic E-state index is 0.758. The summed E-state index contributed by atoms with van der Waals surface area (Å²) in [6.45, 7) is 4.80. The van der Waals surface area contributed by atoms with Crippen molar-refractivity contribution in [3.8, 4) is 6.07 Å². The molecule has 5 nitrogen and oxygen atoms in total. The molecule has 0 atom stereocenters. The number of aromatic amines is 1. The molecule has 3 aromatic rings. The van der Waals surface area contributed by atoms with Gasteiger partial charge in [-0.2, -0.15) is 5.26 Å². The van der Waals surface area contributed by atoms with Crippen LogP contribution in [0, 0.1) is 11.3 Å². The van der Waals surface area contributed by atoms with Crippen LogP contribution < -0.4 is 4.90 Å². The minimum Gasteiger partial charge on any atom is -0.368 e. The maximum absolute atomic E-state index is 9.28. The van der Waals surface area contributed by atoms with Crippen LogP contribution >= 0.6 is 0 Å². The molecule has 0 unspecified atom stereocenters. The predicted octanol–water partition coefficient (Wildman–Crippen LogP) is 2.76. The summed E-state index contributed by atoms with van der Waals surface area (Å²) >= 11 is 0. The summed E-state index contributed by atoms with van der Waals surface area (Å²) in [5.41, 5.74) is 4.06. The first-order chi connectivity index (χ1) is 11.8. The standard InChI is InChI=1S/C19H19N5/c20-12-15-4-1-2-6-18(15)24-10-8-23(9-11-24)14-16-13-22-19-17(16)5-3-7-21-19/h1-7,13H,8-11,14H2,(H,21,22). The summed E-state index contributed by atoms with van der Waals surface area (Å²) in [5, 5.41) is 10.5. The van der Waals surface area contributed by atoms with Crippen molar-refractivity contribution in [1.82, 2.24) is 14.9 Å². The number of nitrogens with zero attached hydrogens (tertiary/aromatic N) is 4. The van der Waals surface area contributed by atoms with Crippen molar-refractivity contribution in [3.05, 3.63) is 59.9 Å². The normalized spacial score (nSPS) is 15.5. The molecule has 4 rings (SSSR count). The number of aromatic nitrogens is 2. The number of hydrogen-bond acceptors (Lipinski definition) is 4. The van der Waals surface area contributed by atoms with Crippen molar-refractivity contribution in [2.24, 2.45) is 0 Å². The van der Waals surface area contributed by atoms with Gasteiger partial charge in [0.1, 0.15) is 11.7 Å². The van der Waals surface area contributed by atoms with Gasteiger partial charge in [0.05, 0.1) is 11.3 Å². The fourth-order valence-corrected chi connectivity index (χ4v) is 3.38. The minimum absolute atomic E-state index is 0.758. The highest BCUT2D eigenvalue weighted by Gasteiger charge is 2.20. The molecule has 2 aromatic heterocycles. The molecule has 0 amide bonds. The highest BCUT2D eigenvalue weighted by molar-refractivity contribution is 5.79. The van der Waals surface area contributed by atoms with Gasteiger partial charge in [-0.3, -0.25) is 4.90 Å². The Morgan fingerprint density at radius 1 is 1.08 bits per heavy atom. The number of H-pyrrole nitrogens is 1. The van der Waals surface area contributed by atoms with Crippen LogP contribution in [0.2, 0.25) is 0 Å². The zero-order valence-electron chi connectivity index (χ0n) is 13.4. The predicted molar refractivity (Wildman–Crippen MR) is 94.7 cm³/mol. The highest BCUT2D eigenvalue weighted by Crippen LogP contribution is 2.23. The Morgan fingerprint density at radius 3 is 2.75 bits per heavy atom. The van der Waals surface area contributed by atoms with Gasteiger partial charge in [-0.05, 0) is 29.8 Å². The first-order valence-corrected chi connectivity index (χ1v) is 8.22. The zero-order valence-corrected chi connectivity index (χ0v) is 13.4. The van der Waals surface area contributed by atoms with Crippen molar-refractivity contribution < 1.29 is 0 Å². The lowest BCUT2D eigenvalue weighted by atomic mass is 10.1. The van der Waals surface area contributed by atoms with Gasteiger partial charge < -0.3 is 9.88 Å². The molecule has 0 radical (unpaired) electrons. The van der Waals surface area contributed by atoms with Crippen LogP contribution in [0.3, 0.4) is 0 Å². The lowest BCUT2D eigenvalue weighted by Gasteiger charge is -2.36. The van der Waals surface area contributed by atoms with Gasteiger partial charge in [0.2, 0.25) is 0 Å². The number of rotatable bonds is 3. The van der Waals surface area contributed by atoms with Crippen molar-refractivity contribution >= 4 is 16.7 Å². The maximum Gasteiger partial charge on any atom is 0.137 e. The van der Waals surface area contributed by atoms with Crippen LogP contribution in [0.4, 0.5) is 5.69 Å². The van der Waals surface area contributed by atoms with Gasteiger partial charge >= 0.3 is 0 Å². The Morgan fingerprint density at radius 2 is 1.92 bits per heavy atom. The first-order valence-electron chi connectivity index (χ1n) is 8.22. The molecule has 1 aliphatic heterocycles. The fraction of sp³-hybridized carbons (Fsp3) is 0.263. The summed E-state index contributed by atoms with van der Waals surface area (Å²) in [5.74, 6) is 0. The summed E-state index contributed by atoms with van der Waals surface area (Å²) in [6.07, 6.45) is 3.88. The Labute approximate surface area is 141 Å². The number of nitrogens with one attached hydrogen (secondary N) is 1. The van der Waals surface area contributed by atoms with E-state index in [0.717, 1.165) is 49.6 Å². The van der Waals surface area contributed by atoms with Gasteiger partial charge in [-0.25, -0.2) is 4.98 Å². The molecule has 1 N–H and O–H groups in total. The molecule has 3 heterocycles.